The van der Waals surface area contributed by atoms with Crippen molar-refractivity contribution in [2.75, 3.05) is 13.1 Å². The van der Waals surface area contributed by atoms with Crippen LogP contribution in [0.1, 0.15) is 55.4 Å². The van der Waals surface area contributed by atoms with Crippen molar-refractivity contribution in [2.24, 2.45) is 5.41 Å². The van der Waals surface area contributed by atoms with Gasteiger partial charge in [-0.3, -0.25) is 9.80 Å². The van der Waals surface area contributed by atoms with Gasteiger partial charge in [0, 0.05) is 37.3 Å². The lowest BCUT2D eigenvalue weighted by atomic mass is 9.82. The molecule has 102 valence electrons. The predicted molar refractivity (Wildman–Crippen MR) is 76.4 cm³/mol. The molecular weight excluding hydrogens is 208 g/mol. The fourth-order valence-electron chi connectivity index (χ4n) is 3.08. The van der Waals surface area contributed by atoms with E-state index in [1.54, 1.807) is 0 Å². The first-order chi connectivity index (χ1) is 7.64. The van der Waals surface area contributed by atoms with Crippen molar-refractivity contribution in [3.63, 3.8) is 0 Å². The number of nitrogens with zero attached hydrogens (tertiary/aromatic N) is 2. The molecule has 17 heavy (non-hydrogen) atoms. The molecule has 0 bridgehead atoms. The molecule has 0 amide bonds. The quantitative estimate of drug-likeness (QED) is 0.731. The lowest BCUT2D eigenvalue weighted by Crippen LogP contribution is -2.64. The van der Waals surface area contributed by atoms with E-state index in [9.17, 15) is 0 Å². The zero-order valence-electron chi connectivity index (χ0n) is 13.1. The van der Waals surface area contributed by atoms with Crippen molar-refractivity contribution in [3.05, 3.63) is 0 Å². The molecule has 0 aliphatic carbocycles. The van der Waals surface area contributed by atoms with Crippen LogP contribution in [0.4, 0.5) is 0 Å². The molecule has 1 aliphatic rings. The summed E-state index contributed by atoms with van der Waals surface area (Å²) in [7, 11) is 0. The summed E-state index contributed by atoms with van der Waals surface area (Å²) < 4.78 is 0. The van der Waals surface area contributed by atoms with Gasteiger partial charge < -0.3 is 0 Å². The zero-order valence-corrected chi connectivity index (χ0v) is 13.1. The lowest BCUT2D eigenvalue weighted by Gasteiger charge is -2.53. The molecule has 2 atom stereocenters. The van der Waals surface area contributed by atoms with E-state index in [-0.39, 0.29) is 0 Å². The second-order valence-corrected chi connectivity index (χ2v) is 7.31. The first-order valence-corrected chi connectivity index (χ1v) is 7.16. The molecule has 0 N–H and O–H groups in total. The van der Waals surface area contributed by atoms with Crippen LogP contribution in [0.5, 0.6) is 0 Å². The van der Waals surface area contributed by atoms with Gasteiger partial charge in [-0.1, -0.05) is 20.8 Å². The van der Waals surface area contributed by atoms with Crippen LogP contribution in [0.15, 0.2) is 0 Å². The van der Waals surface area contributed by atoms with Crippen molar-refractivity contribution in [1.82, 2.24) is 9.80 Å². The lowest BCUT2D eigenvalue weighted by molar-refractivity contribution is -0.0405. The molecule has 2 nitrogen and oxygen atoms in total. The van der Waals surface area contributed by atoms with E-state index in [0.29, 0.717) is 29.6 Å². The summed E-state index contributed by atoms with van der Waals surface area (Å²) in [6.07, 6.45) is 0. The van der Waals surface area contributed by atoms with Gasteiger partial charge in [-0.15, -0.1) is 0 Å². The van der Waals surface area contributed by atoms with Crippen LogP contribution in [0.2, 0.25) is 0 Å². The molecule has 1 rings (SSSR count). The topological polar surface area (TPSA) is 6.48 Å². The van der Waals surface area contributed by atoms with Gasteiger partial charge in [0.1, 0.15) is 0 Å². The molecule has 1 saturated heterocycles. The Morgan fingerprint density at radius 3 is 1.71 bits per heavy atom. The van der Waals surface area contributed by atoms with Crippen LogP contribution in [0.3, 0.4) is 0 Å². The standard InChI is InChI=1S/C15H32N2/c1-11(2)16-10-14(15(6,7)8)17(12(3)4)9-13(16)5/h11-14H,9-10H2,1-8H3/t13-,14-/m1/s1. The highest BCUT2D eigenvalue weighted by Crippen LogP contribution is 2.31. The van der Waals surface area contributed by atoms with E-state index >= 15 is 0 Å². The summed E-state index contributed by atoms with van der Waals surface area (Å²) in [5.41, 5.74) is 0.359. The summed E-state index contributed by atoms with van der Waals surface area (Å²) in [6, 6.07) is 2.65. The predicted octanol–water partition coefficient (Wildman–Crippen LogP) is 3.22. The van der Waals surface area contributed by atoms with Gasteiger partial charge in [0.15, 0.2) is 0 Å². The molecule has 1 aliphatic heterocycles. The van der Waals surface area contributed by atoms with Crippen molar-refractivity contribution in [1.29, 1.82) is 0 Å². The molecule has 0 spiro atoms. The van der Waals surface area contributed by atoms with E-state index in [4.69, 9.17) is 0 Å². The maximum atomic E-state index is 2.70. The van der Waals surface area contributed by atoms with E-state index in [1.165, 1.54) is 13.1 Å². The maximum Gasteiger partial charge on any atom is 0.0275 e. The third-order valence-electron chi connectivity index (χ3n) is 4.15. The summed E-state index contributed by atoms with van der Waals surface area (Å²) in [5, 5.41) is 0. The fraction of sp³-hybridized carbons (Fsp3) is 1.00. The Morgan fingerprint density at radius 1 is 0.882 bits per heavy atom. The first-order valence-electron chi connectivity index (χ1n) is 7.16. The van der Waals surface area contributed by atoms with Gasteiger partial charge in [0.2, 0.25) is 0 Å². The van der Waals surface area contributed by atoms with Crippen LogP contribution < -0.4 is 0 Å². The number of hydrogen-bond donors (Lipinski definition) is 0. The van der Waals surface area contributed by atoms with Crippen LogP contribution in [-0.4, -0.2) is 47.1 Å². The Kier molecular flexibility index (Phi) is 4.65. The molecule has 0 radical (unpaired) electrons. The van der Waals surface area contributed by atoms with Crippen molar-refractivity contribution in [3.8, 4) is 0 Å². The Hall–Kier alpha value is -0.0800. The highest BCUT2D eigenvalue weighted by molar-refractivity contribution is 4.95. The van der Waals surface area contributed by atoms with Crippen LogP contribution in [0, 0.1) is 5.41 Å². The molecule has 0 aromatic heterocycles. The SMILES string of the molecule is CC(C)N1C[C@H](C(C)(C)C)N(C(C)C)C[C@H]1C. The number of hydrogen-bond acceptors (Lipinski definition) is 2. The van der Waals surface area contributed by atoms with Crippen molar-refractivity contribution in [2.45, 2.75) is 79.6 Å². The van der Waals surface area contributed by atoms with E-state index in [0.717, 1.165) is 0 Å². The fourth-order valence-corrected chi connectivity index (χ4v) is 3.08. The molecule has 0 unspecified atom stereocenters. The molecule has 0 aromatic rings. The summed E-state index contributed by atoms with van der Waals surface area (Å²) in [4.78, 5) is 5.36. The highest BCUT2D eigenvalue weighted by atomic mass is 15.3. The van der Waals surface area contributed by atoms with E-state index < -0.39 is 0 Å². The molecule has 1 heterocycles. The summed E-state index contributed by atoms with van der Waals surface area (Å²) >= 11 is 0. The molecule has 2 heteroatoms. The van der Waals surface area contributed by atoms with E-state index in [2.05, 4.69) is 65.2 Å². The first kappa shape index (κ1) is 15.0. The van der Waals surface area contributed by atoms with Gasteiger partial charge >= 0.3 is 0 Å². The van der Waals surface area contributed by atoms with Crippen LogP contribution >= 0.6 is 0 Å². The van der Waals surface area contributed by atoms with Gasteiger partial charge in [0.05, 0.1) is 0 Å². The molecule has 0 aromatic carbocycles. The number of rotatable bonds is 2. The summed E-state index contributed by atoms with van der Waals surface area (Å²) in [6.45, 7) is 21.2. The maximum absolute atomic E-state index is 2.70. The minimum atomic E-state index is 0.359. The van der Waals surface area contributed by atoms with Gasteiger partial charge in [-0.2, -0.15) is 0 Å². The van der Waals surface area contributed by atoms with Gasteiger partial charge in [-0.25, -0.2) is 0 Å². The molecule has 0 saturated carbocycles. The Bertz CT molecular complexity index is 240. The van der Waals surface area contributed by atoms with Gasteiger partial charge in [0.25, 0.3) is 0 Å². The second-order valence-electron chi connectivity index (χ2n) is 7.31. The minimum absolute atomic E-state index is 0.359. The normalized spacial score (nSPS) is 29.3. The van der Waals surface area contributed by atoms with E-state index in [1.807, 2.05) is 0 Å². The third-order valence-corrected chi connectivity index (χ3v) is 4.15. The Balaban J connectivity index is 2.89. The Morgan fingerprint density at radius 2 is 1.35 bits per heavy atom. The second kappa shape index (κ2) is 5.27. The molecular formula is C15H32N2. The van der Waals surface area contributed by atoms with Crippen LogP contribution in [-0.2, 0) is 0 Å². The van der Waals surface area contributed by atoms with Crippen molar-refractivity contribution >= 4 is 0 Å². The monoisotopic (exact) mass is 240 g/mol. The minimum Gasteiger partial charge on any atom is -0.295 e. The average molecular weight is 240 g/mol. The zero-order chi connectivity index (χ0) is 13.4. The van der Waals surface area contributed by atoms with Gasteiger partial charge in [-0.05, 0) is 40.0 Å². The number of piperazine rings is 1. The largest absolute Gasteiger partial charge is 0.295 e. The van der Waals surface area contributed by atoms with Crippen LogP contribution in [0.25, 0.3) is 0 Å². The Labute approximate surface area is 108 Å². The molecule has 1 fully saturated rings. The summed E-state index contributed by atoms with van der Waals surface area (Å²) in [5.74, 6) is 0. The third kappa shape index (κ3) is 3.45. The average Bonchev–Trinajstić information content (AvgIpc) is 2.14. The smallest absolute Gasteiger partial charge is 0.0275 e. The van der Waals surface area contributed by atoms with Crippen molar-refractivity contribution < 1.29 is 0 Å². The highest BCUT2D eigenvalue weighted by Gasteiger charge is 2.39.